The molecule has 8 heteroatoms. The van der Waals surface area contributed by atoms with E-state index >= 15 is 0 Å². The van der Waals surface area contributed by atoms with Crippen molar-refractivity contribution in [1.29, 1.82) is 0 Å². The van der Waals surface area contributed by atoms with Crippen molar-refractivity contribution in [3.8, 4) is 0 Å². The van der Waals surface area contributed by atoms with Gasteiger partial charge in [0.1, 0.15) is 0 Å². The minimum atomic E-state index is -1.07. The number of carbonyl (C=O) groups is 2. The third-order valence-electron chi connectivity index (χ3n) is 2.32. The highest BCUT2D eigenvalue weighted by Gasteiger charge is 2.12. The molecule has 0 aliphatic heterocycles. The smallest absolute Gasteiger partial charge is 0.335 e. The largest absolute Gasteiger partial charge is 0.478 e. The number of nitrogens with one attached hydrogen (secondary N) is 2. The van der Waals surface area contributed by atoms with E-state index in [1.807, 2.05) is 0 Å². The summed E-state index contributed by atoms with van der Waals surface area (Å²) in [6.07, 6.45) is 1.56. The van der Waals surface area contributed by atoms with Crippen LogP contribution in [0.2, 0.25) is 0 Å². The summed E-state index contributed by atoms with van der Waals surface area (Å²) in [5, 5.41) is 14.1. The average Bonchev–Trinajstić information content (AvgIpc) is 2.30. The van der Waals surface area contributed by atoms with E-state index < -0.39 is 22.8 Å². The molecule has 2 atom stereocenters. The van der Waals surface area contributed by atoms with Gasteiger partial charge in [0.15, 0.2) is 0 Å². The standard InChI is InChI=1S/C12H15BrN2O4S/c1-7(6-20(2)19)14-12(18)15-10-5-8(11(16)17)3-4-9(10)13/h3-5,7H,6H2,1-2H3,(H,16,17)(H2,14,15,18). The lowest BCUT2D eigenvalue weighted by Gasteiger charge is -2.14. The van der Waals surface area contributed by atoms with Crippen LogP contribution in [0.25, 0.3) is 0 Å². The molecule has 0 bridgehead atoms. The number of benzene rings is 1. The first-order valence-corrected chi connectivity index (χ1v) is 8.22. The van der Waals surface area contributed by atoms with Crippen molar-refractivity contribution in [2.45, 2.75) is 13.0 Å². The van der Waals surface area contributed by atoms with Crippen LogP contribution in [-0.2, 0) is 10.8 Å². The van der Waals surface area contributed by atoms with Crippen LogP contribution in [0, 0.1) is 0 Å². The van der Waals surface area contributed by atoms with Crippen molar-refractivity contribution < 1.29 is 18.9 Å². The number of carbonyl (C=O) groups excluding carboxylic acids is 1. The Labute approximate surface area is 127 Å². The van der Waals surface area contributed by atoms with Crippen molar-refractivity contribution in [3.63, 3.8) is 0 Å². The molecule has 3 N–H and O–H groups in total. The van der Waals surface area contributed by atoms with Crippen LogP contribution in [0.3, 0.4) is 0 Å². The molecule has 2 unspecified atom stereocenters. The van der Waals surface area contributed by atoms with Crippen molar-refractivity contribution in [1.82, 2.24) is 5.32 Å². The second kappa shape index (κ2) is 7.39. The number of carboxylic acids is 1. The van der Waals surface area contributed by atoms with Crippen LogP contribution in [0.5, 0.6) is 0 Å². The van der Waals surface area contributed by atoms with Gasteiger partial charge in [-0.2, -0.15) is 0 Å². The highest BCUT2D eigenvalue weighted by Crippen LogP contribution is 2.23. The molecule has 1 aromatic carbocycles. The van der Waals surface area contributed by atoms with Gasteiger partial charge in [0.2, 0.25) is 0 Å². The fourth-order valence-electron chi connectivity index (χ4n) is 1.53. The zero-order chi connectivity index (χ0) is 15.3. The number of anilines is 1. The number of hydrogen-bond donors (Lipinski definition) is 3. The molecule has 0 spiro atoms. The van der Waals surface area contributed by atoms with E-state index in [0.717, 1.165) is 0 Å². The zero-order valence-electron chi connectivity index (χ0n) is 11.0. The minimum absolute atomic E-state index is 0.0752. The summed E-state index contributed by atoms with van der Waals surface area (Å²) >= 11 is 3.23. The summed E-state index contributed by atoms with van der Waals surface area (Å²) in [6.45, 7) is 1.74. The summed E-state index contributed by atoms with van der Waals surface area (Å²) in [7, 11) is -1.00. The van der Waals surface area contributed by atoms with Crippen LogP contribution < -0.4 is 10.6 Å². The lowest BCUT2D eigenvalue weighted by Crippen LogP contribution is -2.39. The SMILES string of the molecule is CC(CS(C)=O)NC(=O)Nc1cc(C(=O)O)ccc1Br. The van der Waals surface area contributed by atoms with Crippen molar-refractivity contribution in [3.05, 3.63) is 28.2 Å². The zero-order valence-corrected chi connectivity index (χ0v) is 13.4. The number of halogens is 1. The Kier molecular flexibility index (Phi) is 6.15. The fraction of sp³-hybridized carbons (Fsp3) is 0.333. The quantitative estimate of drug-likeness (QED) is 0.746. The van der Waals surface area contributed by atoms with Crippen molar-refractivity contribution >= 4 is 44.4 Å². The van der Waals surface area contributed by atoms with Gasteiger partial charge in [-0.1, -0.05) is 0 Å². The Bertz CT molecular complexity index is 550. The molecule has 1 aromatic rings. The summed E-state index contributed by atoms with van der Waals surface area (Å²) in [6, 6.07) is 3.60. The van der Waals surface area contributed by atoms with Crippen LogP contribution in [-0.4, -0.2) is 39.4 Å². The van der Waals surface area contributed by atoms with E-state index in [2.05, 4.69) is 26.6 Å². The predicted octanol–water partition coefficient (Wildman–Crippen LogP) is 2.04. The maximum atomic E-state index is 11.7. The molecule has 0 saturated carbocycles. The van der Waals surface area contributed by atoms with E-state index in [-0.39, 0.29) is 11.6 Å². The fourth-order valence-corrected chi connectivity index (χ4v) is 2.66. The highest BCUT2D eigenvalue weighted by atomic mass is 79.9. The topological polar surface area (TPSA) is 95.5 Å². The van der Waals surface area contributed by atoms with Gasteiger partial charge < -0.3 is 15.7 Å². The van der Waals surface area contributed by atoms with Crippen molar-refractivity contribution in [2.75, 3.05) is 17.3 Å². The third kappa shape index (κ3) is 5.30. The number of aromatic carboxylic acids is 1. The van der Waals surface area contributed by atoms with E-state index in [1.54, 1.807) is 19.2 Å². The van der Waals surface area contributed by atoms with E-state index in [1.165, 1.54) is 12.1 Å². The normalized spacial score (nSPS) is 13.3. The van der Waals surface area contributed by atoms with Gasteiger partial charge in [-0.25, -0.2) is 9.59 Å². The summed E-state index contributed by atoms with van der Waals surface area (Å²) in [5.41, 5.74) is 0.429. The monoisotopic (exact) mass is 362 g/mol. The molecule has 0 fully saturated rings. The van der Waals surface area contributed by atoms with E-state index in [9.17, 15) is 13.8 Å². The molecular formula is C12H15BrN2O4S. The Morgan fingerprint density at radius 2 is 2.10 bits per heavy atom. The molecule has 6 nitrogen and oxygen atoms in total. The van der Waals surface area contributed by atoms with Crippen LogP contribution >= 0.6 is 15.9 Å². The molecule has 0 heterocycles. The van der Waals surface area contributed by atoms with Gasteiger partial charge >= 0.3 is 12.0 Å². The third-order valence-corrected chi connectivity index (χ3v) is 3.98. The first kappa shape index (κ1) is 16.6. The Morgan fingerprint density at radius 1 is 1.45 bits per heavy atom. The minimum Gasteiger partial charge on any atom is -0.478 e. The number of amides is 2. The molecule has 20 heavy (non-hydrogen) atoms. The summed E-state index contributed by atoms with van der Waals surface area (Å²) < 4.78 is 11.6. The molecule has 110 valence electrons. The highest BCUT2D eigenvalue weighted by molar-refractivity contribution is 9.10. The number of hydrogen-bond acceptors (Lipinski definition) is 3. The molecule has 0 aromatic heterocycles. The lowest BCUT2D eigenvalue weighted by atomic mass is 10.2. The van der Waals surface area contributed by atoms with Gasteiger partial charge in [-0.3, -0.25) is 4.21 Å². The van der Waals surface area contributed by atoms with Crippen LogP contribution in [0.15, 0.2) is 22.7 Å². The molecule has 0 aliphatic rings. The van der Waals surface area contributed by atoms with Crippen LogP contribution in [0.4, 0.5) is 10.5 Å². The molecule has 2 amide bonds. The predicted molar refractivity (Wildman–Crippen MR) is 81.7 cm³/mol. The number of urea groups is 1. The molecule has 1 rings (SSSR count). The maximum absolute atomic E-state index is 11.7. The molecule has 0 aliphatic carbocycles. The Hall–Kier alpha value is -1.41. The lowest BCUT2D eigenvalue weighted by molar-refractivity contribution is 0.0697. The van der Waals surface area contributed by atoms with Crippen molar-refractivity contribution in [2.24, 2.45) is 0 Å². The maximum Gasteiger partial charge on any atom is 0.335 e. The van der Waals surface area contributed by atoms with E-state index in [0.29, 0.717) is 15.9 Å². The van der Waals surface area contributed by atoms with E-state index in [4.69, 9.17) is 5.11 Å². The summed E-state index contributed by atoms with van der Waals surface area (Å²) in [5.74, 6) is -0.722. The first-order valence-electron chi connectivity index (χ1n) is 5.70. The summed E-state index contributed by atoms with van der Waals surface area (Å²) in [4.78, 5) is 22.6. The number of rotatable bonds is 5. The molecule has 0 radical (unpaired) electrons. The molecular weight excluding hydrogens is 348 g/mol. The number of carboxylic acid groups (broad SMARTS) is 1. The Balaban J connectivity index is 2.72. The van der Waals surface area contributed by atoms with Gasteiger partial charge in [0.25, 0.3) is 0 Å². The van der Waals surface area contributed by atoms with Gasteiger partial charge in [-0.05, 0) is 41.1 Å². The second-order valence-electron chi connectivity index (χ2n) is 4.24. The molecule has 0 saturated heterocycles. The second-order valence-corrected chi connectivity index (χ2v) is 6.57. The van der Waals surface area contributed by atoms with Gasteiger partial charge in [-0.15, -0.1) is 0 Å². The van der Waals surface area contributed by atoms with Crippen LogP contribution in [0.1, 0.15) is 17.3 Å². The van der Waals surface area contributed by atoms with Gasteiger partial charge in [0, 0.05) is 33.3 Å². The Morgan fingerprint density at radius 3 is 2.65 bits per heavy atom. The van der Waals surface area contributed by atoms with Gasteiger partial charge in [0.05, 0.1) is 11.3 Å². The first-order chi connectivity index (χ1) is 9.29. The average molecular weight is 363 g/mol.